The predicted octanol–water partition coefficient (Wildman–Crippen LogP) is 3.81. The van der Waals surface area contributed by atoms with Crippen LogP contribution in [0.25, 0.3) is 0 Å². The highest BCUT2D eigenvalue weighted by molar-refractivity contribution is 7.99. The zero-order chi connectivity index (χ0) is 21.7. The molecule has 30 heavy (non-hydrogen) atoms. The normalized spacial score (nSPS) is 15.9. The molecule has 11 heteroatoms. The van der Waals surface area contributed by atoms with Gasteiger partial charge in [0.15, 0.2) is 5.16 Å². The van der Waals surface area contributed by atoms with Gasteiger partial charge in [0.25, 0.3) is 0 Å². The summed E-state index contributed by atoms with van der Waals surface area (Å²) in [6.45, 7) is 5.03. The minimum Gasteiger partial charge on any atom is -0.324 e. The molecule has 0 aliphatic carbocycles. The van der Waals surface area contributed by atoms with Crippen LogP contribution in [0.2, 0.25) is 5.02 Å². The number of thioether (sulfide) groups is 1. The molecule has 2 heterocycles. The molecular formula is C19H26ClN5O3S2. The molecule has 1 N–H and O–H groups in total. The molecule has 0 spiro atoms. The Labute approximate surface area is 186 Å². The van der Waals surface area contributed by atoms with Gasteiger partial charge in [0, 0.05) is 19.1 Å². The molecule has 1 aromatic carbocycles. The lowest BCUT2D eigenvalue weighted by molar-refractivity contribution is -0.113. The highest BCUT2D eigenvalue weighted by Crippen LogP contribution is 2.28. The predicted molar refractivity (Wildman–Crippen MR) is 118 cm³/mol. The highest BCUT2D eigenvalue weighted by atomic mass is 35.5. The molecule has 0 atom stereocenters. The maximum atomic E-state index is 13.0. The van der Waals surface area contributed by atoms with Crippen LogP contribution in [0.3, 0.4) is 0 Å². The Bertz CT molecular complexity index is 986. The zero-order valence-electron chi connectivity index (χ0n) is 17.0. The minimum atomic E-state index is -3.63. The van der Waals surface area contributed by atoms with Gasteiger partial charge in [0.05, 0.1) is 21.4 Å². The number of anilines is 1. The van der Waals surface area contributed by atoms with Gasteiger partial charge in [-0.15, -0.1) is 10.2 Å². The first-order valence-electron chi connectivity index (χ1n) is 9.91. The van der Waals surface area contributed by atoms with E-state index in [-0.39, 0.29) is 33.3 Å². The van der Waals surface area contributed by atoms with E-state index in [1.54, 1.807) is 6.33 Å². The van der Waals surface area contributed by atoms with Crippen molar-refractivity contribution < 1.29 is 13.2 Å². The molecule has 0 saturated carbocycles. The number of amides is 1. The van der Waals surface area contributed by atoms with Gasteiger partial charge in [0.2, 0.25) is 15.9 Å². The van der Waals surface area contributed by atoms with Gasteiger partial charge in [-0.1, -0.05) is 36.2 Å². The Kier molecular flexibility index (Phi) is 7.78. The Hall–Kier alpha value is -1.62. The van der Waals surface area contributed by atoms with E-state index in [9.17, 15) is 13.2 Å². The second-order valence-electron chi connectivity index (χ2n) is 7.41. The second kappa shape index (κ2) is 10.1. The van der Waals surface area contributed by atoms with E-state index in [0.29, 0.717) is 18.2 Å². The van der Waals surface area contributed by atoms with Crippen molar-refractivity contribution in [3.63, 3.8) is 0 Å². The fraction of sp³-hybridized carbons (Fsp3) is 0.526. The molecular weight excluding hydrogens is 446 g/mol. The third-order valence-electron chi connectivity index (χ3n) is 4.84. The number of nitrogens with zero attached hydrogens (tertiary/aromatic N) is 4. The Morgan fingerprint density at radius 2 is 1.93 bits per heavy atom. The molecule has 2 aromatic rings. The van der Waals surface area contributed by atoms with Gasteiger partial charge in [-0.25, -0.2) is 8.42 Å². The Balaban J connectivity index is 1.70. The van der Waals surface area contributed by atoms with Crippen molar-refractivity contribution in [3.05, 3.63) is 29.5 Å². The fourth-order valence-electron chi connectivity index (χ4n) is 3.20. The van der Waals surface area contributed by atoms with Gasteiger partial charge in [0.1, 0.15) is 6.33 Å². The number of halogens is 1. The van der Waals surface area contributed by atoms with Gasteiger partial charge in [-0.05, 0) is 44.9 Å². The first kappa shape index (κ1) is 23.1. The summed E-state index contributed by atoms with van der Waals surface area (Å²) in [6, 6.07) is 4.60. The monoisotopic (exact) mass is 471 g/mol. The molecule has 164 valence electrons. The van der Waals surface area contributed by atoms with E-state index < -0.39 is 10.0 Å². The highest BCUT2D eigenvalue weighted by Gasteiger charge is 2.26. The molecule has 0 unspecified atom stereocenters. The van der Waals surface area contributed by atoms with Crippen LogP contribution in [0, 0.1) is 0 Å². The summed E-state index contributed by atoms with van der Waals surface area (Å²) >= 11 is 7.47. The number of aromatic nitrogens is 3. The van der Waals surface area contributed by atoms with Gasteiger partial charge < -0.3 is 9.88 Å². The van der Waals surface area contributed by atoms with Crippen molar-refractivity contribution in [1.82, 2.24) is 19.1 Å². The lowest BCUT2D eigenvalue weighted by Crippen LogP contribution is -2.32. The van der Waals surface area contributed by atoms with Crippen molar-refractivity contribution in [3.8, 4) is 0 Å². The van der Waals surface area contributed by atoms with Gasteiger partial charge >= 0.3 is 0 Å². The number of hydrogen-bond acceptors (Lipinski definition) is 6. The van der Waals surface area contributed by atoms with Gasteiger partial charge in [-0.2, -0.15) is 4.31 Å². The topological polar surface area (TPSA) is 97.2 Å². The zero-order valence-corrected chi connectivity index (χ0v) is 19.4. The summed E-state index contributed by atoms with van der Waals surface area (Å²) in [5.74, 6) is -0.199. The molecule has 1 aromatic heterocycles. The molecule has 8 nitrogen and oxygen atoms in total. The summed E-state index contributed by atoms with van der Waals surface area (Å²) in [5.41, 5.74) is 0.281. The standard InChI is InChI=1S/C19H26ClN5O3S2/c1-14(2)25-13-21-23-19(25)29-12-18(26)22-17-11-15(7-8-16(17)20)30(27,28)24-9-5-3-4-6-10-24/h7-8,11,13-14H,3-6,9-10,12H2,1-2H3,(H,22,26). The van der Waals surface area contributed by atoms with Crippen LogP contribution in [0.15, 0.2) is 34.6 Å². The minimum absolute atomic E-state index is 0.102. The average molecular weight is 472 g/mol. The van der Waals surface area contributed by atoms with Crippen molar-refractivity contribution in [1.29, 1.82) is 0 Å². The summed E-state index contributed by atoms with van der Waals surface area (Å²) in [6.07, 6.45) is 5.41. The van der Waals surface area contributed by atoms with Crippen molar-refractivity contribution in [2.75, 3.05) is 24.2 Å². The molecule has 1 aliphatic heterocycles. The first-order valence-corrected chi connectivity index (χ1v) is 12.7. The van der Waals surface area contributed by atoms with E-state index in [1.807, 2.05) is 18.4 Å². The van der Waals surface area contributed by atoms with Crippen LogP contribution in [-0.4, -0.2) is 52.2 Å². The van der Waals surface area contributed by atoms with E-state index >= 15 is 0 Å². The summed E-state index contributed by atoms with van der Waals surface area (Å²) < 4.78 is 29.4. The average Bonchev–Trinajstić information content (AvgIpc) is 3.00. The maximum absolute atomic E-state index is 13.0. The lowest BCUT2D eigenvalue weighted by Gasteiger charge is -2.20. The number of carbonyl (C=O) groups excluding carboxylic acids is 1. The summed E-state index contributed by atoms with van der Waals surface area (Å²) in [5, 5.41) is 11.5. The molecule has 1 aliphatic rings. The molecule has 1 fully saturated rings. The van der Waals surface area contributed by atoms with Crippen molar-refractivity contribution >= 4 is 45.0 Å². The largest absolute Gasteiger partial charge is 0.324 e. The van der Waals surface area contributed by atoms with E-state index in [2.05, 4.69) is 15.5 Å². The lowest BCUT2D eigenvalue weighted by atomic mass is 10.2. The van der Waals surface area contributed by atoms with Crippen LogP contribution in [-0.2, 0) is 14.8 Å². The molecule has 1 saturated heterocycles. The Morgan fingerprint density at radius 1 is 1.23 bits per heavy atom. The third kappa shape index (κ3) is 5.54. The van der Waals surface area contributed by atoms with Crippen LogP contribution < -0.4 is 5.32 Å². The van der Waals surface area contributed by atoms with Gasteiger partial charge in [-0.3, -0.25) is 4.79 Å². The molecule has 3 rings (SSSR count). The van der Waals surface area contributed by atoms with E-state index in [0.717, 1.165) is 25.7 Å². The second-order valence-corrected chi connectivity index (χ2v) is 10.7. The maximum Gasteiger partial charge on any atom is 0.243 e. The van der Waals surface area contributed by atoms with Crippen LogP contribution >= 0.6 is 23.4 Å². The third-order valence-corrected chi connectivity index (χ3v) is 8.03. The first-order chi connectivity index (χ1) is 14.3. The summed E-state index contributed by atoms with van der Waals surface area (Å²) in [7, 11) is -3.63. The fourth-order valence-corrected chi connectivity index (χ4v) is 5.75. The number of rotatable bonds is 7. The number of nitrogens with one attached hydrogen (secondary N) is 1. The van der Waals surface area contributed by atoms with E-state index in [1.165, 1.54) is 34.3 Å². The molecule has 0 bridgehead atoms. The summed E-state index contributed by atoms with van der Waals surface area (Å²) in [4.78, 5) is 12.6. The van der Waals surface area contributed by atoms with Crippen molar-refractivity contribution in [2.24, 2.45) is 0 Å². The van der Waals surface area contributed by atoms with Crippen LogP contribution in [0.5, 0.6) is 0 Å². The molecule has 0 radical (unpaired) electrons. The van der Waals surface area contributed by atoms with Crippen molar-refractivity contribution in [2.45, 2.75) is 55.6 Å². The number of sulfonamides is 1. The number of carbonyl (C=O) groups is 1. The van der Waals surface area contributed by atoms with E-state index in [4.69, 9.17) is 11.6 Å². The van der Waals surface area contributed by atoms with Crippen LogP contribution in [0.4, 0.5) is 5.69 Å². The van der Waals surface area contributed by atoms with Crippen LogP contribution in [0.1, 0.15) is 45.6 Å². The SMILES string of the molecule is CC(C)n1cnnc1SCC(=O)Nc1cc(S(=O)(=O)N2CCCCCC2)ccc1Cl. The number of benzene rings is 1. The smallest absolute Gasteiger partial charge is 0.243 e. The molecule has 1 amide bonds. The quantitative estimate of drug-likeness (QED) is 0.616. The Morgan fingerprint density at radius 3 is 2.60 bits per heavy atom. The number of hydrogen-bond donors (Lipinski definition) is 1.